The van der Waals surface area contributed by atoms with Crippen LogP contribution in [0.3, 0.4) is 0 Å². The molecule has 1 aromatic carbocycles. The predicted octanol–water partition coefficient (Wildman–Crippen LogP) is 2.26. The van der Waals surface area contributed by atoms with Crippen molar-refractivity contribution in [2.75, 3.05) is 19.3 Å². The normalized spacial score (nSPS) is 23.7. The van der Waals surface area contributed by atoms with Crippen molar-refractivity contribution in [1.29, 1.82) is 0 Å². The van der Waals surface area contributed by atoms with Crippen LogP contribution in [-0.2, 0) is 15.6 Å². The Morgan fingerprint density at radius 2 is 1.95 bits per heavy atom. The molecular formula is C16H25NO3S. The van der Waals surface area contributed by atoms with Crippen molar-refractivity contribution in [3.05, 3.63) is 35.4 Å². The van der Waals surface area contributed by atoms with Gasteiger partial charge in [-0.05, 0) is 44.6 Å². The molecule has 2 unspecified atom stereocenters. The number of aliphatic hydroxyl groups is 1. The van der Waals surface area contributed by atoms with E-state index in [1.165, 1.54) is 10.6 Å². The summed E-state index contributed by atoms with van der Waals surface area (Å²) in [5, 5.41) is 10.8. The number of aryl methyl sites for hydroxylation is 1. The van der Waals surface area contributed by atoms with Gasteiger partial charge >= 0.3 is 0 Å². The summed E-state index contributed by atoms with van der Waals surface area (Å²) in [5.41, 5.74) is 1.14. The first-order chi connectivity index (χ1) is 9.68. The molecule has 118 valence electrons. The van der Waals surface area contributed by atoms with Gasteiger partial charge in [-0.15, -0.1) is 0 Å². The van der Waals surface area contributed by atoms with Crippen LogP contribution in [0.1, 0.15) is 37.3 Å². The van der Waals surface area contributed by atoms with Gasteiger partial charge in [0.1, 0.15) is 0 Å². The van der Waals surface area contributed by atoms with E-state index in [2.05, 4.69) is 0 Å². The van der Waals surface area contributed by atoms with E-state index in [0.29, 0.717) is 19.5 Å². The summed E-state index contributed by atoms with van der Waals surface area (Å²) in [5.74, 6) is 0.199. The van der Waals surface area contributed by atoms with Crippen LogP contribution in [0.2, 0.25) is 0 Å². The Bertz CT molecular complexity index is 578. The minimum atomic E-state index is -3.13. The summed E-state index contributed by atoms with van der Waals surface area (Å²) in [7, 11) is -3.13. The topological polar surface area (TPSA) is 57.6 Å². The summed E-state index contributed by atoms with van der Waals surface area (Å²) < 4.78 is 24.9. The molecule has 1 aliphatic heterocycles. The lowest BCUT2D eigenvalue weighted by molar-refractivity contribution is 0.0211. The molecular weight excluding hydrogens is 286 g/mol. The van der Waals surface area contributed by atoms with Gasteiger partial charge < -0.3 is 5.11 Å². The maximum atomic E-state index is 11.7. The van der Waals surface area contributed by atoms with Crippen LogP contribution >= 0.6 is 0 Å². The van der Waals surface area contributed by atoms with Crippen LogP contribution in [0.25, 0.3) is 0 Å². The lowest BCUT2D eigenvalue weighted by atomic mass is 9.83. The zero-order chi connectivity index (χ0) is 15.7. The van der Waals surface area contributed by atoms with E-state index in [0.717, 1.165) is 24.0 Å². The molecule has 0 aromatic heterocycles. The van der Waals surface area contributed by atoms with Crippen LogP contribution in [0.15, 0.2) is 24.3 Å². The number of benzene rings is 1. The fourth-order valence-corrected chi connectivity index (χ4v) is 4.03. The Kier molecular flexibility index (Phi) is 4.76. The van der Waals surface area contributed by atoms with E-state index >= 15 is 0 Å². The average molecular weight is 311 g/mol. The monoisotopic (exact) mass is 311 g/mol. The highest BCUT2D eigenvalue weighted by atomic mass is 32.2. The van der Waals surface area contributed by atoms with Crippen molar-refractivity contribution in [1.82, 2.24) is 4.31 Å². The molecule has 0 bridgehead atoms. The maximum absolute atomic E-state index is 11.7. The second-order valence-corrected chi connectivity index (χ2v) is 8.46. The molecule has 1 saturated heterocycles. The molecule has 4 nitrogen and oxygen atoms in total. The van der Waals surface area contributed by atoms with Crippen LogP contribution in [0.5, 0.6) is 0 Å². The van der Waals surface area contributed by atoms with Gasteiger partial charge in [0.25, 0.3) is 0 Å². The Morgan fingerprint density at radius 3 is 2.52 bits per heavy atom. The molecule has 5 heteroatoms. The van der Waals surface area contributed by atoms with Crippen LogP contribution in [-0.4, -0.2) is 37.2 Å². The highest BCUT2D eigenvalue weighted by Gasteiger charge is 2.32. The third kappa shape index (κ3) is 4.28. The summed E-state index contributed by atoms with van der Waals surface area (Å²) in [6.45, 7) is 4.95. The van der Waals surface area contributed by atoms with Crippen LogP contribution in [0, 0.1) is 12.8 Å². The van der Waals surface area contributed by atoms with Gasteiger partial charge in [0.05, 0.1) is 11.9 Å². The molecule has 21 heavy (non-hydrogen) atoms. The van der Waals surface area contributed by atoms with Crippen molar-refractivity contribution in [2.45, 2.75) is 38.7 Å². The average Bonchev–Trinajstić information content (AvgIpc) is 2.38. The Balaban J connectivity index is 2.07. The van der Waals surface area contributed by atoms with Gasteiger partial charge in [0.15, 0.2) is 0 Å². The number of rotatable bonds is 4. The number of piperidine rings is 1. The minimum absolute atomic E-state index is 0.199. The molecule has 1 aromatic rings. The SMILES string of the molecule is Cc1ccc(C(C)(O)CC2CCCN(S(C)(=O)=O)C2)cc1. The van der Waals surface area contributed by atoms with E-state index in [-0.39, 0.29) is 5.92 Å². The zero-order valence-electron chi connectivity index (χ0n) is 13.0. The largest absolute Gasteiger partial charge is 0.385 e. The first-order valence-corrected chi connectivity index (χ1v) is 9.28. The van der Waals surface area contributed by atoms with Crippen molar-refractivity contribution >= 4 is 10.0 Å². The molecule has 1 N–H and O–H groups in total. The number of hydrogen-bond donors (Lipinski definition) is 1. The molecule has 2 rings (SSSR count). The Hall–Kier alpha value is -0.910. The molecule has 2 atom stereocenters. The number of hydrogen-bond acceptors (Lipinski definition) is 3. The molecule has 1 aliphatic rings. The molecule has 0 amide bonds. The standard InChI is InChI=1S/C16H25NO3S/c1-13-6-8-15(9-7-13)16(2,18)11-14-5-4-10-17(12-14)21(3,19)20/h6-9,14,18H,4-5,10-12H2,1-3H3. The van der Waals surface area contributed by atoms with Crippen molar-refractivity contribution in [3.8, 4) is 0 Å². The third-order valence-corrected chi connectivity index (χ3v) is 5.58. The third-order valence-electron chi connectivity index (χ3n) is 4.31. The lowest BCUT2D eigenvalue weighted by Gasteiger charge is -2.35. The van der Waals surface area contributed by atoms with Crippen molar-refractivity contribution < 1.29 is 13.5 Å². The molecule has 0 aliphatic carbocycles. The first kappa shape index (κ1) is 16.5. The maximum Gasteiger partial charge on any atom is 0.211 e. The minimum Gasteiger partial charge on any atom is -0.385 e. The molecule has 0 radical (unpaired) electrons. The molecule has 0 saturated carbocycles. The Morgan fingerprint density at radius 1 is 1.33 bits per heavy atom. The van der Waals surface area contributed by atoms with E-state index in [9.17, 15) is 13.5 Å². The smallest absolute Gasteiger partial charge is 0.211 e. The summed E-state index contributed by atoms with van der Waals surface area (Å²) in [4.78, 5) is 0. The van der Waals surface area contributed by atoms with E-state index in [1.807, 2.05) is 38.1 Å². The summed E-state index contributed by atoms with van der Waals surface area (Å²) in [6, 6.07) is 7.89. The van der Waals surface area contributed by atoms with E-state index in [4.69, 9.17) is 0 Å². The number of nitrogens with zero attached hydrogens (tertiary/aromatic N) is 1. The predicted molar refractivity (Wildman–Crippen MR) is 84.5 cm³/mol. The number of sulfonamides is 1. The van der Waals surface area contributed by atoms with Gasteiger partial charge in [-0.3, -0.25) is 0 Å². The summed E-state index contributed by atoms with van der Waals surface area (Å²) in [6.07, 6.45) is 3.67. The van der Waals surface area contributed by atoms with Gasteiger partial charge in [-0.1, -0.05) is 29.8 Å². The highest BCUT2D eigenvalue weighted by molar-refractivity contribution is 7.88. The van der Waals surface area contributed by atoms with E-state index < -0.39 is 15.6 Å². The summed E-state index contributed by atoms with van der Waals surface area (Å²) >= 11 is 0. The highest BCUT2D eigenvalue weighted by Crippen LogP contribution is 2.32. The van der Waals surface area contributed by atoms with Gasteiger partial charge in [-0.2, -0.15) is 0 Å². The Labute approximate surface area is 127 Å². The molecule has 0 spiro atoms. The molecule has 1 fully saturated rings. The van der Waals surface area contributed by atoms with Crippen LogP contribution in [0.4, 0.5) is 0 Å². The van der Waals surface area contributed by atoms with Gasteiger partial charge in [0.2, 0.25) is 10.0 Å². The van der Waals surface area contributed by atoms with Gasteiger partial charge in [0, 0.05) is 13.1 Å². The quantitative estimate of drug-likeness (QED) is 0.928. The molecule has 1 heterocycles. The second kappa shape index (κ2) is 6.07. The van der Waals surface area contributed by atoms with Crippen LogP contribution < -0.4 is 0 Å². The fraction of sp³-hybridized carbons (Fsp3) is 0.625. The van der Waals surface area contributed by atoms with Gasteiger partial charge in [-0.25, -0.2) is 12.7 Å². The first-order valence-electron chi connectivity index (χ1n) is 7.43. The lowest BCUT2D eigenvalue weighted by Crippen LogP contribution is -2.41. The van der Waals surface area contributed by atoms with E-state index in [1.54, 1.807) is 0 Å². The second-order valence-electron chi connectivity index (χ2n) is 6.47. The van der Waals surface area contributed by atoms with Crippen molar-refractivity contribution in [2.24, 2.45) is 5.92 Å². The van der Waals surface area contributed by atoms with Crippen molar-refractivity contribution in [3.63, 3.8) is 0 Å². The fourth-order valence-electron chi connectivity index (χ4n) is 3.09. The zero-order valence-corrected chi connectivity index (χ0v) is 13.9.